The number of imidazole rings is 1. The maximum atomic E-state index is 6.08. The molecule has 0 aliphatic rings. The fraction of sp³-hybridized carbons (Fsp3) is 0.500. The van der Waals surface area contributed by atoms with Gasteiger partial charge in [-0.2, -0.15) is 5.10 Å². The Kier molecular flexibility index (Phi) is 3.28. The summed E-state index contributed by atoms with van der Waals surface area (Å²) in [7, 11) is 1.91. The topological polar surface area (TPSA) is 72.5 Å². The lowest BCUT2D eigenvalue weighted by Crippen LogP contribution is -2.14. The van der Waals surface area contributed by atoms with E-state index in [0.29, 0.717) is 5.92 Å². The molecule has 5 nitrogen and oxygen atoms in total. The summed E-state index contributed by atoms with van der Waals surface area (Å²) < 4.78 is 1.81. The molecule has 2 heterocycles. The number of aromatic nitrogens is 4. The molecular formula is C12H19N5. The van der Waals surface area contributed by atoms with Crippen LogP contribution in [0.3, 0.4) is 0 Å². The summed E-state index contributed by atoms with van der Waals surface area (Å²) in [6, 6.07) is 1.92. The monoisotopic (exact) mass is 233 g/mol. The van der Waals surface area contributed by atoms with Gasteiger partial charge in [-0.25, -0.2) is 4.98 Å². The summed E-state index contributed by atoms with van der Waals surface area (Å²) in [5, 5.41) is 4.13. The van der Waals surface area contributed by atoms with Crippen LogP contribution in [0.1, 0.15) is 32.1 Å². The van der Waals surface area contributed by atoms with Gasteiger partial charge in [0, 0.05) is 13.2 Å². The molecule has 0 spiro atoms. The van der Waals surface area contributed by atoms with Crippen LogP contribution in [0.2, 0.25) is 0 Å². The molecule has 0 saturated carbocycles. The van der Waals surface area contributed by atoms with E-state index >= 15 is 0 Å². The summed E-state index contributed by atoms with van der Waals surface area (Å²) in [5.41, 5.74) is 8.06. The third-order valence-corrected chi connectivity index (χ3v) is 2.77. The molecule has 2 aromatic rings. The Labute approximate surface area is 101 Å². The van der Waals surface area contributed by atoms with Crippen molar-refractivity contribution in [3.63, 3.8) is 0 Å². The first kappa shape index (κ1) is 11.9. The fourth-order valence-electron chi connectivity index (χ4n) is 1.91. The zero-order chi connectivity index (χ0) is 12.4. The van der Waals surface area contributed by atoms with Crippen LogP contribution in [-0.4, -0.2) is 19.7 Å². The highest BCUT2D eigenvalue weighted by molar-refractivity contribution is 5.53. The molecule has 92 valence electrons. The molecule has 0 aromatic carbocycles. The first-order chi connectivity index (χ1) is 8.08. The molecule has 0 bridgehead atoms. The second-order valence-electron chi connectivity index (χ2n) is 4.76. The van der Waals surface area contributed by atoms with Crippen molar-refractivity contribution >= 4 is 0 Å². The van der Waals surface area contributed by atoms with Gasteiger partial charge in [-0.05, 0) is 18.4 Å². The highest BCUT2D eigenvalue weighted by Crippen LogP contribution is 2.20. The van der Waals surface area contributed by atoms with Crippen LogP contribution in [0.4, 0.5) is 0 Å². The first-order valence-corrected chi connectivity index (χ1v) is 5.86. The van der Waals surface area contributed by atoms with E-state index in [0.717, 1.165) is 23.6 Å². The van der Waals surface area contributed by atoms with Crippen LogP contribution in [0.25, 0.3) is 11.4 Å². The molecule has 0 fully saturated rings. The maximum Gasteiger partial charge on any atom is 0.123 e. The van der Waals surface area contributed by atoms with Crippen LogP contribution in [0, 0.1) is 5.92 Å². The highest BCUT2D eigenvalue weighted by Gasteiger charge is 2.13. The lowest BCUT2D eigenvalue weighted by Gasteiger charge is -2.10. The third-order valence-electron chi connectivity index (χ3n) is 2.77. The fourth-order valence-corrected chi connectivity index (χ4v) is 1.91. The lowest BCUT2D eigenvalue weighted by molar-refractivity contribution is 0.496. The predicted molar refractivity (Wildman–Crippen MR) is 67.2 cm³/mol. The number of nitrogens with one attached hydrogen (secondary N) is 1. The SMILES string of the molecule is CC(C)CC(N)c1ncc(-c2ccnn2C)[nH]1. The number of nitrogens with two attached hydrogens (primary N) is 1. The predicted octanol–water partition coefficient (Wildman–Crippen LogP) is 1.86. The minimum absolute atomic E-state index is 0.0306. The van der Waals surface area contributed by atoms with Crippen molar-refractivity contribution in [2.45, 2.75) is 26.3 Å². The Morgan fingerprint density at radius 3 is 2.82 bits per heavy atom. The van der Waals surface area contributed by atoms with Gasteiger partial charge in [0.25, 0.3) is 0 Å². The van der Waals surface area contributed by atoms with Gasteiger partial charge < -0.3 is 10.7 Å². The van der Waals surface area contributed by atoms with Gasteiger partial charge in [0.05, 0.1) is 23.6 Å². The summed E-state index contributed by atoms with van der Waals surface area (Å²) in [6.07, 6.45) is 4.51. The number of H-pyrrole nitrogens is 1. The van der Waals surface area contributed by atoms with Crippen molar-refractivity contribution in [1.82, 2.24) is 19.7 Å². The zero-order valence-corrected chi connectivity index (χ0v) is 10.5. The number of aryl methyl sites for hydroxylation is 1. The van der Waals surface area contributed by atoms with Gasteiger partial charge in [0.2, 0.25) is 0 Å². The number of nitrogens with zero attached hydrogens (tertiary/aromatic N) is 3. The molecule has 0 saturated heterocycles. The van der Waals surface area contributed by atoms with E-state index in [2.05, 4.69) is 28.9 Å². The molecular weight excluding hydrogens is 214 g/mol. The van der Waals surface area contributed by atoms with Gasteiger partial charge in [-0.15, -0.1) is 0 Å². The van der Waals surface area contributed by atoms with Gasteiger partial charge in [-0.3, -0.25) is 4.68 Å². The van der Waals surface area contributed by atoms with Crippen molar-refractivity contribution in [1.29, 1.82) is 0 Å². The van der Waals surface area contributed by atoms with E-state index in [4.69, 9.17) is 5.73 Å². The van der Waals surface area contributed by atoms with E-state index in [1.54, 1.807) is 6.20 Å². The van der Waals surface area contributed by atoms with Crippen LogP contribution in [-0.2, 0) is 7.05 Å². The number of hydrogen-bond acceptors (Lipinski definition) is 3. The Morgan fingerprint density at radius 2 is 2.24 bits per heavy atom. The van der Waals surface area contributed by atoms with Gasteiger partial charge in [0.1, 0.15) is 5.82 Å². The van der Waals surface area contributed by atoms with Gasteiger partial charge >= 0.3 is 0 Å². The van der Waals surface area contributed by atoms with E-state index < -0.39 is 0 Å². The Balaban J connectivity index is 2.19. The normalized spacial score (nSPS) is 13.2. The molecule has 17 heavy (non-hydrogen) atoms. The molecule has 1 atom stereocenters. The number of rotatable bonds is 4. The third kappa shape index (κ3) is 2.55. The van der Waals surface area contributed by atoms with Gasteiger partial charge in [-0.1, -0.05) is 13.8 Å². The summed E-state index contributed by atoms with van der Waals surface area (Å²) in [6.45, 7) is 4.32. The van der Waals surface area contributed by atoms with Crippen LogP contribution in [0.5, 0.6) is 0 Å². The summed E-state index contributed by atoms with van der Waals surface area (Å²) in [5.74, 6) is 1.41. The maximum absolute atomic E-state index is 6.08. The van der Waals surface area contributed by atoms with E-state index in [1.165, 1.54) is 0 Å². The largest absolute Gasteiger partial charge is 0.339 e. The van der Waals surface area contributed by atoms with E-state index in [9.17, 15) is 0 Å². The minimum atomic E-state index is -0.0306. The second kappa shape index (κ2) is 4.71. The van der Waals surface area contributed by atoms with Crippen molar-refractivity contribution < 1.29 is 0 Å². The second-order valence-corrected chi connectivity index (χ2v) is 4.76. The van der Waals surface area contributed by atoms with Crippen LogP contribution in [0.15, 0.2) is 18.5 Å². The standard InChI is InChI=1S/C12H19N5/c1-8(2)6-9(13)12-14-7-10(16-12)11-4-5-15-17(11)3/h4-5,7-9H,6,13H2,1-3H3,(H,14,16). The van der Waals surface area contributed by atoms with E-state index in [-0.39, 0.29) is 6.04 Å². The lowest BCUT2D eigenvalue weighted by atomic mass is 10.0. The number of hydrogen-bond donors (Lipinski definition) is 2. The van der Waals surface area contributed by atoms with Crippen molar-refractivity contribution in [3.8, 4) is 11.4 Å². The van der Waals surface area contributed by atoms with Crippen molar-refractivity contribution in [3.05, 3.63) is 24.3 Å². The molecule has 3 N–H and O–H groups in total. The minimum Gasteiger partial charge on any atom is -0.339 e. The average molecular weight is 233 g/mol. The van der Waals surface area contributed by atoms with Gasteiger partial charge in [0.15, 0.2) is 0 Å². The summed E-state index contributed by atoms with van der Waals surface area (Å²) >= 11 is 0. The van der Waals surface area contributed by atoms with Crippen molar-refractivity contribution in [2.24, 2.45) is 18.7 Å². The molecule has 2 aromatic heterocycles. The Bertz CT molecular complexity index is 483. The van der Waals surface area contributed by atoms with Crippen LogP contribution < -0.4 is 5.73 Å². The van der Waals surface area contributed by atoms with Crippen LogP contribution >= 0.6 is 0 Å². The average Bonchev–Trinajstić information content (AvgIpc) is 2.84. The molecule has 0 amide bonds. The molecule has 1 unspecified atom stereocenters. The molecule has 0 radical (unpaired) electrons. The number of aromatic amines is 1. The molecule has 2 rings (SSSR count). The molecule has 0 aliphatic heterocycles. The Hall–Kier alpha value is -1.62. The summed E-state index contributed by atoms with van der Waals surface area (Å²) in [4.78, 5) is 7.61. The first-order valence-electron chi connectivity index (χ1n) is 5.86. The zero-order valence-electron chi connectivity index (χ0n) is 10.5. The molecule has 0 aliphatic carbocycles. The molecule has 5 heteroatoms. The van der Waals surface area contributed by atoms with Crippen molar-refractivity contribution in [2.75, 3.05) is 0 Å². The van der Waals surface area contributed by atoms with E-state index in [1.807, 2.05) is 24.0 Å². The smallest absolute Gasteiger partial charge is 0.123 e. The Morgan fingerprint density at radius 1 is 1.47 bits per heavy atom. The highest BCUT2D eigenvalue weighted by atomic mass is 15.3. The quantitative estimate of drug-likeness (QED) is 0.846.